The monoisotopic (exact) mass is 332 g/mol. The summed E-state index contributed by atoms with van der Waals surface area (Å²) in [6.07, 6.45) is 1.11. The third-order valence-corrected chi connectivity index (χ3v) is 3.31. The van der Waals surface area contributed by atoms with Gasteiger partial charge in [-0.2, -0.15) is 5.10 Å². The van der Waals surface area contributed by atoms with Crippen molar-refractivity contribution in [3.05, 3.63) is 41.6 Å². The molecule has 0 saturated carbocycles. The zero-order valence-electron chi connectivity index (χ0n) is 14.4. The highest BCUT2D eigenvalue weighted by Crippen LogP contribution is 2.19. The minimum absolute atomic E-state index is 0.0291. The Morgan fingerprint density at radius 3 is 2.83 bits per heavy atom. The van der Waals surface area contributed by atoms with Gasteiger partial charge in [-0.25, -0.2) is 4.79 Å². The van der Waals surface area contributed by atoms with E-state index < -0.39 is 11.7 Å². The van der Waals surface area contributed by atoms with E-state index in [-0.39, 0.29) is 11.8 Å². The lowest BCUT2D eigenvalue weighted by molar-refractivity contribution is 0.0635. The summed E-state index contributed by atoms with van der Waals surface area (Å²) >= 11 is 0. The first-order valence-corrected chi connectivity index (χ1v) is 7.79. The zero-order chi connectivity index (χ0) is 17.7. The molecule has 0 aliphatic carbocycles. The van der Waals surface area contributed by atoms with Gasteiger partial charge in [-0.15, -0.1) is 0 Å². The predicted molar refractivity (Wildman–Crippen MR) is 91.8 cm³/mol. The number of phenols is 1. The fourth-order valence-electron chi connectivity index (χ4n) is 2.13. The molecule has 0 aliphatic heterocycles. The fraction of sp³-hybridized carbons (Fsp3) is 0.412. The summed E-state index contributed by atoms with van der Waals surface area (Å²) in [7, 11) is 0. The molecule has 2 rings (SSSR count). The summed E-state index contributed by atoms with van der Waals surface area (Å²) in [5.41, 5.74) is 1.22. The number of nitrogens with zero attached hydrogens (tertiary/aromatic N) is 1. The number of benzene rings is 1. The lowest BCUT2D eigenvalue weighted by Gasteiger charge is -2.19. The molecule has 1 heterocycles. The Hall–Kier alpha value is -2.54. The highest BCUT2D eigenvalue weighted by molar-refractivity contribution is 5.84. The van der Waals surface area contributed by atoms with E-state index >= 15 is 0 Å². The number of anilines is 1. The number of H-pyrrole nitrogens is 1. The van der Waals surface area contributed by atoms with Crippen molar-refractivity contribution in [2.75, 3.05) is 5.32 Å². The Labute approximate surface area is 141 Å². The van der Waals surface area contributed by atoms with Crippen LogP contribution >= 0.6 is 0 Å². The number of aromatic hydroxyl groups is 1. The van der Waals surface area contributed by atoms with E-state index in [1.807, 2.05) is 13.0 Å². The predicted octanol–water partition coefficient (Wildman–Crippen LogP) is 3.31. The molecule has 0 spiro atoms. The van der Waals surface area contributed by atoms with E-state index in [0.29, 0.717) is 12.4 Å². The number of carbonyl (C=O) groups excluding carboxylic acids is 1. The van der Waals surface area contributed by atoms with Crippen LogP contribution in [-0.2, 0) is 11.3 Å². The number of hydrogen-bond donors (Lipinski definition) is 4. The van der Waals surface area contributed by atoms with Crippen LogP contribution in [0.15, 0.2) is 30.5 Å². The Morgan fingerprint density at radius 2 is 2.17 bits per heavy atom. The standard InChI is InChI=1S/C17H24N4O3/c1-11(12-6-5-7-14(22)8-12)18-9-13-10-19-21-15(13)20-16(23)24-17(2,3)4/h5-8,10-11,18,22H,9H2,1-4H3,(H2,19,20,21,23). The first kappa shape index (κ1) is 17.8. The Balaban J connectivity index is 1.94. The summed E-state index contributed by atoms with van der Waals surface area (Å²) in [5.74, 6) is 0.733. The van der Waals surface area contributed by atoms with Crippen molar-refractivity contribution in [2.24, 2.45) is 0 Å². The second kappa shape index (κ2) is 7.35. The van der Waals surface area contributed by atoms with Gasteiger partial charge in [0, 0.05) is 18.2 Å². The van der Waals surface area contributed by atoms with Crippen LogP contribution in [0.4, 0.5) is 10.6 Å². The topological polar surface area (TPSA) is 99.3 Å². The van der Waals surface area contributed by atoms with Gasteiger partial charge in [0.2, 0.25) is 0 Å². The first-order valence-electron chi connectivity index (χ1n) is 7.79. The molecule has 0 aliphatic rings. The van der Waals surface area contributed by atoms with Crippen LogP contribution in [0, 0.1) is 0 Å². The molecule has 4 N–H and O–H groups in total. The van der Waals surface area contributed by atoms with E-state index in [9.17, 15) is 9.90 Å². The third kappa shape index (κ3) is 5.27. The van der Waals surface area contributed by atoms with Gasteiger partial charge in [0.05, 0.1) is 6.20 Å². The van der Waals surface area contributed by atoms with Gasteiger partial charge in [0.15, 0.2) is 0 Å². The summed E-state index contributed by atoms with van der Waals surface area (Å²) in [4.78, 5) is 11.8. The van der Waals surface area contributed by atoms with Crippen molar-refractivity contribution >= 4 is 11.9 Å². The normalized spacial score (nSPS) is 12.7. The Bertz CT molecular complexity index is 691. The molecular weight excluding hydrogens is 308 g/mol. The van der Waals surface area contributed by atoms with Gasteiger partial charge in [-0.05, 0) is 45.4 Å². The van der Waals surface area contributed by atoms with Gasteiger partial charge >= 0.3 is 6.09 Å². The molecular formula is C17H24N4O3. The Kier molecular flexibility index (Phi) is 5.46. The molecule has 0 bridgehead atoms. The molecule has 130 valence electrons. The number of amides is 1. The van der Waals surface area contributed by atoms with Crippen molar-refractivity contribution in [1.82, 2.24) is 15.5 Å². The number of aromatic nitrogens is 2. The number of ether oxygens (including phenoxy) is 1. The molecule has 1 aromatic carbocycles. The number of phenolic OH excluding ortho intramolecular Hbond substituents is 1. The van der Waals surface area contributed by atoms with Crippen molar-refractivity contribution in [3.63, 3.8) is 0 Å². The van der Waals surface area contributed by atoms with Crippen LogP contribution in [0.2, 0.25) is 0 Å². The van der Waals surface area contributed by atoms with E-state index in [1.165, 1.54) is 0 Å². The average Bonchev–Trinajstić information content (AvgIpc) is 2.89. The van der Waals surface area contributed by atoms with E-state index in [4.69, 9.17) is 4.74 Å². The van der Waals surface area contributed by atoms with Crippen LogP contribution in [0.3, 0.4) is 0 Å². The molecule has 2 aromatic rings. The van der Waals surface area contributed by atoms with Gasteiger partial charge < -0.3 is 15.2 Å². The van der Waals surface area contributed by atoms with Crippen LogP contribution < -0.4 is 10.6 Å². The number of nitrogens with one attached hydrogen (secondary N) is 3. The van der Waals surface area contributed by atoms with Gasteiger partial charge in [-0.1, -0.05) is 12.1 Å². The number of carbonyl (C=O) groups is 1. The molecule has 0 radical (unpaired) electrons. The number of rotatable bonds is 5. The summed E-state index contributed by atoms with van der Waals surface area (Å²) in [6.45, 7) is 7.91. The van der Waals surface area contributed by atoms with E-state index in [1.54, 1.807) is 45.2 Å². The number of hydrogen-bond acceptors (Lipinski definition) is 5. The molecule has 0 saturated heterocycles. The highest BCUT2D eigenvalue weighted by Gasteiger charge is 2.18. The quantitative estimate of drug-likeness (QED) is 0.673. The van der Waals surface area contributed by atoms with Crippen LogP contribution in [0.1, 0.15) is 44.9 Å². The maximum atomic E-state index is 11.8. The van der Waals surface area contributed by atoms with Gasteiger partial charge in [0.25, 0.3) is 0 Å². The Morgan fingerprint density at radius 1 is 1.42 bits per heavy atom. The van der Waals surface area contributed by atoms with Crippen LogP contribution in [0.5, 0.6) is 5.75 Å². The smallest absolute Gasteiger partial charge is 0.413 e. The molecule has 7 nitrogen and oxygen atoms in total. The lowest BCUT2D eigenvalue weighted by Crippen LogP contribution is -2.28. The van der Waals surface area contributed by atoms with E-state index in [2.05, 4.69) is 20.8 Å². The van der Waals surface area contributed by atoms with Crippen LogP contribution in [0.25, 0.3) is 0 Å². The molecule has 1 unspecified atom stereocenters. The molecule has 7 heteroatoms. The number of aromatic amines is 1. The van der Waals surface area contributed by atoms with Gasteiger partial charge in [-0.3, -0.25) is 10.4 Å². The zero-order valence-corrected chi connectivity index (χ0v) is 14.4. The SMILES string of the molecule is CC(NCc1cn[nH]c1NC(=O)OC(C)(C)C)c1cccc(O)c1. The molecule has 1 aromatic heterocycles. The molecule has 0 fully saturated rings. The van der Waals surface area contributed by atoms with Gasteiger partial charge in [0.1, 0.15) is 17.2 Å². The maximum absolute atomic E-state index is 11.8. The van der Waals surface area contributed by atoms with Crippen molar-refractivity contribution in [2.45, 2.75) is 45.9 Å². The van der Waals surface area contributed by atoms with Crippen molar-refractivity contribution < 1.29 is 14.6 Å². The molecule has 24 heavy (non-hydrogen) atoms. The van der Waals surface area contributed by atoms with Crippen LogP contribution in [-0.4, -0.2) is 27.0 Å². The second-order valence-corrected chi connectivity index (χ2v) is 6.59. The fourth-order valence-corrected chi connectivity index (χ4v) is 2.13. The average molecular weight is 332 g/mol. The lowest BCUT2D eigenvalue weighted by atomic mass is 10.1. The van der Waals surface area contributed by atoms with E-state index in [0.717, 1.165) is 11.1 Å². The summed E-state index contributed by atoms with van der Waals surface area (Å²) in [6, 6.07) is 7.12. The third-order valence-electron chi connectivity index (χ3n) is 3.31. The molecule has 1 amide bonds. The first-order chi connectivity index (χ1) is 11.2. The summed E-state index contributed by atoms with van der Waals surface area (Å²) in [5, 5.41) is 22.2. The highest BCUT2D eigenvalue weighted by atomic mass is 16.6. The van der Waals surface area contributed by atoms with Crippen molar-refractivity contribution in [3.8, 4) is 5.75 Å². The minimum atomic E-state index is -0.563. The minimum Gasteiger partial charge on any atom is -0.508 e. The summed E-state index contributed by atoms with van der Waals surface area (Å²) < 4.78 is 5.23. The largest absolute Gasteiger partial charge is 0.508 e. The van der Waals surface area contributed by atoms with Crippen molar-refractivity contribution in [1.29, 1.82) is 0 Å². The second-order valence-electron chi connectivity index (χ2n) is 6.59. The maximum Gasteiger partial charge on any atom is 0.413 e. The molecule has 1 atom stereocenters.